The Kier molecular flexibility index (Phi) is 3.01. The van der Waals surface area contributed by atoms with Gasteiger partial charge in [-0.3, -0.25) is 0 Å². The van der Waals surface area contributed by atoms with Crippen LogP contribution < -0.4 is 5.32 Å². The van der Waals surface area contributed by atoms with Gasteiger partial charge in [0.25, 0.3) is 0 Å². The lowest BCUT2D eigenvalue weighted by atomic mass is 10.1. The average Bonchev–Trinajstić information content (AvgIpc) is 2.19. The molecule has 1 heterocycles. The van der Waals surface area contributed by atoms with Crippen molar-refractivity contribution in [3.05, 3.63) is 29.8 Å². The minimum atomic E-state index is 0.241. The molecule has 1 fully saturated rings. The Morgan fingerprint density at radius 3 is 3.14 bits per heavy atom. The summed E-state index contributed by atoms with van der Waals surface area (Å²) in [6, 6.07) is 7.35. The smallest absolute Gasteiger partial charge is 0.115 e. The maximum atomic E-state index is 9.29. The summed E-state index contributed by atoms with van der Waals surface area (Å²) >= 11 is 0. The highest BCUT2D eigenvalue weighted by Gasteiger charge is 2.13. The van der Waals surface area contributed by atoms with Crippen LogP contribution in [-0.2, 0) is 11.2 Å². The summed E-state index contributed by atoms with van der Waals surface area (Å²) in [6.07, 6.45) is 1.10. The second-order valence-electron chi connectivity index (χ2n) is 3.57. The lowest BCUT2D eigenvalue weighted by molar-refractivity contribution is 0.0292. The Bertz CT molecular complexity index is 295. The number of rotatable bonds is 2. The molecule has 0 amide bonds. The molecule has 0 aromatic heterocycles. The highest BCUT2D eigenvalue weighted by molar-refractivity contribution is 5.27. The van der Waals surface area contributed by atoms with Crippen LogP contribution in [0.4, 0.5) is 0 Å². The number of benzene rings is 1. The first kappa shape index (κ1) is 9.49. The number of ether oxygens (including phenoxy) is 1. The molecular formula is C11H15NO2. The normalized spacial score (nSPS) is 22.1. The Hall–Kier alpha value is -1.06. The Balaban J connectivity index is 1.95. The van der Waals surface area contributed by atoms with Gasteiger partial charge < -0.3 is 15.2 Å². The van der Waals surface area contributed by atoms with Crippen molar-refractivity contribution >= 4 is 0 Å². The van der Waals surface area contributed by atoms with E-state index in [1.165, 1.54) is 0 Å². The maximum absolute atomic E-state index is 9.29. The zero-order valence-corrected chi connectivity index (χ0v) is 8.07. The number of hydrogen-bond acceptors (Lipinski definition) is 3. The van der Waals surface area contributed by atoms with E-state index in [1.807, 2.05) is 12.1 Å². The van der Waals surface area contributed by atoms with E-state index in [-0.39, 0.29) is 6.10 Å². The van der Waals surface area contributed by atoms with E-state index < -0.39 is 0 Å². The molecule has 3 nitrogen and oxygen atoms in total. The summed E-state index contributed by atoms with van der Waals surface area (Å²) in [5, 5.41) is 12.6. The Morgan fingerprint density at radius 1 is 1.50 bits per heavy atom. The molecule has 1 saturated heterocycles. The van der Waals surface area contributed by atoms with Gasteiger partial charge in [-0.15, -0.1) is 0 Å². The first-order valence-electron chi connectivity index (χ1n) is 4.95. The standard InChI is InChI=1S/C11H15NO2/c13-10-3-1-2-9(6-10)7-11-8-12-4-5-14-11/h1-3,6,11-13H,4-5,7-8H2. The van der Waals surface area contributed by atoms with E-state index in [1.54, 1.807) is 12.1 Å². The molecule has 0 saturated carbocycles. The van der Waals surface area contributed by atoms with Crippen LogP contribution in [0.1, 0.15) is 5.56 Å². The van der Waals surface area contributed by atoms with Gasteiger partial charge in [0.05, 0.1) is 12.7 Å². The Labute approximate surface area is 83.7 Å². The van der Waals surface area contributed by atoms with Crippen LogP contribution in [0, 0.1) is 0 Å². The van der Waals surface area contributed by atoms with Crippen molar-refractivity contribution in [2.75, 3.05) is 19.7 Å². The van der Waals surface area contributed by atoms with Gasteiger partial charge in [0.1, 0.15) is 5.75 Å². The van der Waals surface area contributed by atoms with E-state index in [9.17, 15) is 5.11 Å². The van der Waals surface area contributed by atoms with Gasteiger partial charge >= 0.3 is 0 Å². The number of phenolic OH excluding ortho intramolecular Hbond substituents is 1. The van der Waals surface area contributed by atoms with Crippen LogP contribution in [0.2, 0.25) is 0 Å². The molecule has 0 aliphatic carbocycles. The summed E-state index contributed by atoms with van der Waals surface area (Å²) in [6.45, 7) is 2.62. The summed E-state index contributed by atoms with van der Waals surface area (Å²) in [5.41, 5.74) is 1.12. The summed E-state index contributed by atoms with van der Waals surface area (Å²) in [4.78, 5) is 0. The minimum Gasteiger partial charge on any atom is -0.508 e. The molecule has 76 valence electrons. The van der Waals surface area contributed by atoms with Gasteiger partial charge in [-0.1, -0.05) is 12.1 Å². The third-order valence-electron chi connectivity index (χ3n) is 2.38. The molecule has 2 N–H and O–H groups in total. The third kappa shape index (κ3) is 2.47. The summed E-state index contributed by atoms with van der Waals surface area (Å²) in [5.74, 6) is 0.325. The van der Waals surface area contributed by atoms with Crippen molar-refractivity contribution in [1.29, 1.82) is 0 Å². The van der Waals surface area contributed by atoms with Crippen molar-refractivity contribution in [2.45, 2.75) is 12.5 Å². The van der Waals surface area contributed by atoms with Crippen LogP contribution in [0.3, 0.4) is 0 Å². The van der Waals surface area contributed by atoms with E-state index in [2.05, 4.69) is 5.32 Å². The van der Waals surface area contributed by atoms with Crippen molar-refractivity contribution in [3.63, 3.8) is 0 Å². The topological polar surface area (TPSA) is 41.5 Å². The summed E-state index contributed by atoms with van der Waals surface area (Å²) < 4.78 is 5.58. The van der Waals surface area contributed by atoms with Crippen molar-refractivity contribution in [3.8, 4) is 5.75 Å². The number of aromatic hydroxyl groups is 1. The molecule has 1 aliphatic heterocycles. The maximum Gasteiger partial charge on any atom is 0.115 e. The van der Waals surface area contributed by atoms with Crippen LogP contribution in [-0.4, -0.2) is 30.9 Å². The molecule has 1 aromatic carbocycles. The quantitative estimate of drug-likeness (QED) is 0.734. The molecular weight excluding hydrogens is 178 g/mol. The highest BCUT2D eigenvalue weighted by atomic mass is 16.5. The molecule has 1 aromatic rings. The van der Waals surface area contributed by atoms with Crippen molar-refractivity contribution in [1.82, 2.24) is 5.32 Å². The first-order chi connectivity index (χ1) is 6.84. The van der Waals surface area contributed by atoms with Gasteiger partial charge in [-0.2, -0.15) is 0 Å². The lowest BCUT2D eigenvalue weighted by Gasteiger charge is -2.23. The fourth-order valence-electron chi connectivity index (χ4n) is 1.70. The van der Waals surface area contributed by atoms with Crippen molar-refractivity contribution in [2.24, 2.45) is 0 Å². The van der Waals surface area contributed by atoms with Crippen LogP contribution in [0.5, 0.6) is 5.75 Å². The van der Waals surface area contributed by atoms with Crippen LogP contribution in [0.25, 0.3) is 0 Å². The number of hydrogen-bond donors (Lipinski definition) is 2. The van der Waals surface area contributed by atoms with Gasteiger partial charge in [0, 0.05) is 19.5 Å². The zero-order chi connectivity index (χ0) is 9.80. The van der Waals surface area contributed by atoms with E-state index >= 15 is 0 Å². The highest BCUT2D eigenvalue weighted by Crippen LogP contribution is 2.14. The van der Waals surface area contributed by atoms with Crippen molar-refractivity contribution < 1.29 is 9.84 Å². The van der Waals surface area contributed by atoms with E-state index in [0.717, 1.165) is 31.7 Å². The molecule has 14 heavy (non-hydrogen) atoms. The number of phenols is 1. The molecule has 3 heteroatoms. The van der Waals surface area contributed by atoms with Gasteiger partial charge in [0.2, 0.25) is 0 Å². The van der Waals surface area contributed by atoms with Gasteiger partial charge in [0.15, 0.2) is 0 Å². The van der Waals surface area contributed by atoms with E-state index in [0.29, 0.717) is 5.75 Å². The second kappa shape index (κ2) is 4.44. The number of morpholine rings is 1. The van der Waals surface area contributed by atoms with Gasteiger partial charge in [-0.05, 0) is 17.7 Å². The third-order valence-corrected chi connectivity index (χ3v) is 2.38. The lowest BCUT2D eigenvalue weighted by Crippen LogP contribution is -2.39. The molecule has 1 atom stereocenters. The monoisotopic (exact) mass is 193 g/mol. The van der Waals surface area contributed by atoms with Crippen LogP contribution in [0.15, 0.2) is 24.3 Å². The fraction of sp³-hybridized carbons (Fsp3) is 0.455. The molecule has 0 radical (unpaired) electrons. The predicted molar refractivity (Wildman–Crippen MR) is 54.4 cm³/mol. The molecule has 1 unspecified atom stereocenters. The molecule has 0 bridgehead atoms. The number of nitrogens with one attached hydrogen (secondary N) is 1. The minimum absolute atomic E-state index is 0.241. The molecule has 2 rings (SSSR count). The SMILES string of the molecule is Oc1cccc(CC2CNCCO2)c1. The van der Waals surface area contributed by atoms with Crippen LogP contribution >= 0.6 is 0 Å². The fourth-order valence-corrected chi connectivity index (χ4v) is 1.70. The Morgan fingerprint density at radius 2 is 2.43 bits per heavy atom. The zero-order valence-electron chi connectivity index (χ0n) is 8.07. The summed E-state index contributed by atoms with van der Waals surface area (Å²) in [7, 11) is 0. The molecule has 0 spiro atoms. The average molecular weight is 193 g/mol. The largest absolute Gasteiger partial charge is 0.508 e. The molecule has 1 aliphatic rings. The second-order valence-corrected chi connectivity index (χ2v) is 3.57. The predicted octanol–water partition coefficient (Wildman–Crippen LogP) is 0.923. The van der Waals surface area contributed by atoms with E-state index in [4.69, 9.17) is 4.74 Å². The first-order valence-corrected chi connectivity index (χ1v) is 4.95. The van der Waals surface area contributed by atoms with Gasteiger partial charge in [-0.25, -0.2) is 0 Å².